The molecule has 3 atom stereocenters. The Morgan fingerprint density at radius 2 is 1.57 bits per heavy atom. The highest BCUT2D eigenvalue weighted by Crippen LogP contribution is 2.44. The van der Waals surface area contributed by atoms with Crippen molar-refractivity contribution in [3.05, 3.63) is 101 Å². The van der Waals surface area contributed by atoms with Crippen molar-refractivity contribution in [3.8, 4) is 0 Å². The maximum atomic E-state index is 14.0. The molecule has 4 rings (SSSR count). The molecule has 10 heteroatoms. The number of pyridine rings is 1. The van der Waals surface area contributed by atoms with Crippen molar-refractivity contribution in [3.63, 3.8) is 0 Å². The van der Waals surface area contributed by atoms with E-state index in [9.17, 15) is 14.4 Å². The molecular formula is C39H53N3O6Si. The van der Waals surface area contributed by atoms with Gasteiger partial charge in [-0.15, -0.1) is 0 Å². The van der Waals surface area contributed by atoms with Gasteiger partial charge in [-0.05, 0) is 93.1 Å². The maximum absolute atomic E-state index is 14.0. The lowest BCUT2D eigenvalue weighted by Crippen LogP contribution is -2.50. The summed E-state index contributed by atoms with van der Waals surface area (Å²) >= 11 is 0. The minimum Gasteiger partial charge on any atom is -0.465 e. The number of rotatable bonds is 10. The number of carbonyl (C=O) groups excluding carboxylic acids is 3. The van der Waals surface area contributed by atoms with Crippen molar-refractivity contribution >= 4 is 26.3 Å². The first-order valence-corrected chi connectivity index (χ1v) is 19.9. The predicted molar refractivity (Wildman–Crippen MR) is 194 cm³/mol. The van der Waals surface area contributed by atoms with E-state index in [1.165, 1.54) is 13.3 Å². The largest absolute Gasteiger partial charge is 0.465 e. The molecule has 0 bridgehead atoms. The van der Waals surface area contributed by atoms with Crippen LogP contribution in [0.1, 0.15) is 97.9 Å². The number of benzene rings is 2. The van der Waals surface area contributed by atoms with Gasteiger partial charge in [0.1, 0.15) is 5.60 Å². The average Bonchev–Trinajstić information content (AvgIpc) is 3.45. The van der Waals surface area contributed by atoms with Crippen molar-refractivity contribution in [2.24, 2.45) is 0 Å². The Balaban J connectivity index is 1.56. The molecule has 2 heterocycles. The molecule has 0 spiro atoms. The number of aromatic nitrogens is 1. The molecule has 2 amide bonds. The van der Waals surface area contributed by atoms with Crippen LogP contribution in [0.5, 0.6) is 0 Å². The summed E-state index contributed by atoms with van der Waals surface area (Å²) in [5, 5.41) is -0.00792. The average molecular weight is 688 g/mol. The summed E-state index contributed by atoms with van der Waals surface area (Å²) in [5.74, 6) is -0.628. The van der Waals surface area contributed by atoms with Gasteiger partial charge in [-0.2, -0.15) is 0 Å². The fourth-order valence-electron chi connectivity index (χ4n) is 5.94. The van der Waals surface area contributed by atoms with E-state index in [2.05, 4.69) is 51.0 Å². The second-order valence-corrected chi connectivity index (χ2v) is 20.3. The lowest BCUT2D eigenvalue weighted by molar-refractivity contribution is -0.00240. The molecule has 0 unspecified atom stereocenters. The molecule has 1 aliphatic rings. The summed E-state index contributed by atoms with van der Waals surface area (Å²) in [4.78, 5) is 46.9. The molecule has 264 valence electrons. The Hall–Kier alpha value is -4.02. The molecule has 1 fully saturated rings. The standard InChI is InChI=1S/C39H53N3O6Si/c1-38(2,3)47-37(45)42-32(20-21-33(42)34(29-14-12-11-13-15-29)48-49(9,10)39(4,5)6)23-27-16-18-30(19-17-27)35(43)41(7)26-28-22-31(25-40-24-28)36(44)46-8/h11-19,22,24-25,32-34H,20-21,23,26H2,1-10H3/t32-,33+,34+/m0/s1. The third kappa shape index (κ3) is 9.57. The Labute approximate surface area is 293 Å². The van der Waals surface area contributed by atoms with E-state index < -0.39 is 19.9 Å². The normalized spacial score (nSPS) is 17.4. The zero-order chi connectivity index (χ0) is 36.1. The first-order valence-electron chi connectivity index (χ1n) is 17.0. The minimum atomic E-state index is -2.23. The number of methoxy groups -OCH3 is 1. The van der Waals surface area contributed by atoms with Crippen LogP contribution in [-0.2, 0) is 26.9 Å². The van der Waals surface area contributed by atoms with Crippen molar-refractivity contribution in [1.82, 2.24) is 14.8 Å². The summed E-state index contributed by atoms with van der Waals surface area (Å²) in [6, 6.07) is 19.2. The third-order valence-corrected chi connectivity index (χ3v) is 14.0. The predicted octanol–water partition coefficient (Wildman–Crippen LogP) is 8.21. The summed E-state index contributed by atoms with van der Waals surface area (Å²) in [6.07, 6.45) is 4.65. The van der Waals surface area contributed by atoms with Crippen LogP contribution >= 0.6 is 0 Å². The first kappa shape index (κ1) is 37.8. The van der Waals surface area contributed by atoms with Gasteiger partial charge in [0.25, 0.3) is 5.91 Å². The fourth-order valence-corrected chi connectivity index (χ4v) is 7.22. The Morgan fingerprint density at radius 1 is 0.918 bits per heavy atom. The highest BCUT2D eigenvalue weighted by Gasteiger charge is 2.47. The third-order valence-electron chi connectivity index (χ3n) is 9.51. The van der Waals surface area contributed by atoms with Crippen LogP contribution in [-0.4, -0.2) is 72.9 Å². The molecule has 0 radical (unpaired) electrons. The Bertz CT molecular complexity index is 1600. The van der Waals surface area contributed by atoms with Gasteiger partial charge in [0, 0.05) is 37.6 Å². The molecule has 1 saturated heterocycles. The van der Waals surface area contributed by atoms with Crippen molar-refractivity contribution < 1.29 is 28.3 Å². The number of esters is 1. The van der Waals surface area contributed by atoms with Crippen LogP contribution in [0, 0.1) is 0 Å². The van der Waals surface area contributed by atoms with E-state index >= 15 is 0 Å². The van der Waals surface area contributed by atoms with Gasteiger partial charge in [-0.3, -0.25) is 14.7 Å². The first-order chi connectivity index (χ1) is 22.9. The summed E-state index contributed by atoms with van der Waals surface area (Å²) in [5.41, 5.74) is 3.04. The Kier molecular flexibility index (Phi) is 11.8. The number of ether oxygens (including phenoxy) is 2. The van der Waals surface area contributed by atoms with Gasteiger partial charge < -0.3 is 18.8 Å². The molecule has 49 heavy (non-hydrogen) atoms. The molecule has 0 N–H and O–H groups in total. The molecule has 1 aliphatic heterocycles. The number of likely N-dealkylation sites (tertiary alicyclic amines) is 1. The van der Waals surface area contributed by atoms with Crippen molar-refractivity contribution in [1.29, 1.82) is 0 Å². The van der Waals surface area contributed by atoms with E-state index in [-0.39, 0.29) is 41.8 Å². The van der Waals surface area contributed by atoms with Gasteiger partial charge in [-0.25, -0.2) is 9.59 Å². The number of carbonyl (C=O) groups is 3. The summed E-state index contributed by atoms with van der Waals surface area (Å²) in [6.45, 7) is 17.2. The molecule has 1 aromatic heterocycles. The van der Waals surface area contributed by atoms with Crippen LogP contribution in [0.2, 0.25) is 18.1 Å². The van der Waals surface area contributed by atoms with Crippen LogP contribution in [0.15, 0.2) is 73.1 Å². The zero-order valence-corrected chi connectivity index (χ0v) is 31.8. The topological polar surface area (TPSA) is 98.3 Å². The number of hydrogen-bond donors (Lipinski definition) is 0. The fraction of sp³-hybridized carbons (Fsp3) is 0.487. The number of nitrogens with zero attached hydrogens (tertiary/aromatic N) is 3. The SMILES string of the molecule is COC(=O)c1cncc(CN(C)C(=O)c2ccc(C[C@@H]3CC[C@H]([C@H](O[Si](C)(C)C(C)(C)C)c4ccccc4)N3C(=O)OC(C)(C)C)cc2)c1. The second kappa shape index (κ2) is 15.3. The quantitative estimate of drug-likeness (QED) is 0.157. The van der Waals surface area contributed by atoms with Crippen LogP contribution < -0.4 is 0 Å². The van der Waals surface area contributed by atoms with Crippen molar-refractivity contribution in [2.45, 2.75) is 109 Å². The van der Waals surface area contributed by atoms with Crippen LogP contribution in [0.25, 0.3) is 0 Å². The monoisotopic (exact) mass is 687 g/mol. The lowest BCUT2D eigenvalue weighted by Gasteiger charge is -2.43. The second-order valence-electron chi connectivity index (χ2n) is 15.5. The smallest absolute Gasteiger partial charge is 0.410 e. The minimum absolute atomic E-state index is 0.00792. The molecule has 0 saturated carbocycles. The van der Waals surface area contributed by atoms with E-state index in [0.717, 1.165) is 29.5 Å². The van der Waals surface area contributed by atoms with E-state index in [4.69, 9.17) is 13.9 Å². The molecule has 9 nitrogen and oxygen atoms in total. The van der Waals surface area contributed by atoms with Gasteiger partial charge in [0.05, 0.1) is 24.8 Å². The highest BCUT2D eigenvalue weighted by atomic mass is 28.4. The van der Waals surface area contributed by atoms with E-state index in [1.807, 2.05) is 68.1 Å². The van der Waals surface area contributed by atoms with E-state index in [1.54, 1.807) is 24.2 Å². The molecule has 0 aliphatic carbocycles. The number of hydrogen-bond acceptors (Lipinski definition) is 7. The number of amides is 2. The molecular weight excluding hydrogens is 635 g/mol. The highest BCUT2D eigenvalue weighted by molar-refractivity contribution is 6.74. The lowest BCUT2D eigenvalue weighted by atomic mass is 10.0. The van der Waals surface area contributed by atoms with E-state index in [0.29, 0.717) is 17.5 Å². The van der Waals surface area contributed by atoms with Gasteiger partial charge in [0.15, 0.2) is 8.32 Å². The van der Waals surface area contributed by atoms with Gasteiger partial charge >= 0.3 is 12.1 Å². The van der Waals surface area contributed by atoms with Crippen LogP contribution in [0.3, 0.4) is 0 Å². The zero-order valence-electron chi connectivity index (χ0n) is 30.8. The molecule has 2 aromatic carbocycles. The maximum Gasteiger partial charge on any atom is 0.410 e. The summed E-state index contributed by atoms with van der Waals surface area (Å²) < 4.78 is 17.9. The molecule has 3 aromatic rings. The Morgan fingerprint density at radius 3 is 2.16 bits per heavy atom. The van der Waals surface area contributed by atoms with Gasteiger partial charge in [0.2, 0.25) is 0 Å². The summed E-state index contributed by atoms with van der Waals surface area (Å²) in [7, 11) is 0.810. The van der Waals surface area contributed by atoms with Crippen molar-refractivity contribution in [2.75, 3.05) is 14.2 Å². The van der Waals surface area contributed by atoms with Crippen LogP contribution in [0.4, 0.5) is 4.79 Å². The van der Waals surface area contributed by atoms with Gasteiger partial charge in [-0.1, -0.05) is 63.2 Å².